The van der Waals surface area contributed by atoms with E-state index >= 15 is 0 Å². The molecule has 0 aliphatic carbocycles. The van der Waals surface area contributed by atoms with Crippen LogP contribution in [0.2, 0.25) is 5.02 Å². The predicted octanol–water partition coefficient (Wildman–Crippen LogP) is 3.50. The molecule has 0 amide bonds. The molecule has 0 fully saturated rings. The molecule has 0 bridgehead atoms. The van der Waals surface area contributed by atoms with Crippen molar-refractivity contribution >= 4 is 17.9 Å². The Balaban J connectivity index is 3.16. The van der Waals surface area contributed by atoms with E-state index in [0.717, 1.165) is 18.3 Å². The van der Waals surface area contributed by atoms with Crippen molar-refractivity contribution in [3.8, 4) is 5.75 Å². The number of hydrogen-bond acceptors (Lipinski definition) is 2. The van der Waals surface area contributed by atoms with Gasteiger partial charge < -0.3 is 4.74 Å². The van der Waals surface area contributed by atoms with Crippen molar-refractivity contribution in [2.45, 2.75) is 33.3 Å². The van der Waals surface area contributed by atoms with Gasteiger partial charge in [0, 0.05) is 5.02 Å². The summed E-state index contributed by atoms with van der Waals surface area (Å²) < 4.78 is 5.54. The SMILES string of the molecule is CCc1cc(OC(C)C)c(C=O)cc1Cl. The summed E-state index contributed by atoms with van der Waals surface area (Å²) in [6, 6.07) is 3.50. The highest BCUT2D eigenvalue weighted by molar-refractivity contribution is 6.31. The van der Waals surface area contributed by atoms with Crippen LogP contribution in [0.1, 0.15) is 36.7 Å². The lowest BCUT2D eigenvalue weighted by Crippen LogP contribution is -2.08. The van der Waals surface area contributed by atoms with E-state index in [0.29, 0.717) is 16.3 Å². The predicted molar refractivity (Wildman–Crippen MR) is 62.0 cm³/mol. The summed E-state index contributed by atoms with van der Waals surface area (Å²) in [6.07, 6.45) is 1.64. The molecule has 2 nitrogen and oxygen atoms in total. The van der Waals surface area contributed by atoms with Gasteiger partial charge in [0.1, 0.15) is 5.75 Å². The van der Waals surface area contributed by atoms with E-state index in [4.69, 9.17) is 16.3 Å². The van der Waals surface area contributed by atoms with Gasteiger partial charge in [-0.1, -0.05) is 18.5 Å². The van der Waals surface area contributed by atoms with Crippen LogP contribution in [0.25, 0.3) is 0 Å². The molecule has 82 valence electrons. The fourth-order valence-electron chi connectivity index (χ4n) is 1.33. The normalized spacial score (nSPS) is 10.5. The number of hydrogen-bond donors (Lipinski definition) is 0. The summed E-state index contributed by atoms with van der Waals surface area (Å²) in [6.45, 7) is 5.87. The fourth-order valence-corrected chi connectivity index (χ4v) is 1.64. The maximum Gasteiger partial charge on any atom is 0.153 e. The molecule has 1 aromatic rings. The van der Waals surface area contributed by atoms with Gasteiger partial charge in [0.2, 0.25) is 0 Å². The molecule has 0 spiro atoms. The van der Waals surface area contributed by atoms with Gasteiger partial charge in [-0.05, 0) is 38.0 Å². The second kappa shape index (κ2) is 5.17. The first-order valence-corrected chi connectivity index (χ1v) is 5.40. The summed E-state index contributed by atoms with van der Waals surface area (Å²) in [5.74, 6) is 0.612. The van der Waals surface area contributed by atoms with Crippen LogP contribution < -0.4 is 4.74 Å². The molecule has 0 unspecified atom stereocenters. The van der Waals surface area contributed by atoms with Crippen LogP contribution in [0, 0.1) is 0 Å². The Kier molecular flexibility index (Phi) is 4.15. The molecule has 0 N–H and O–H groups in total. The third-order valence-corrected chi connectivity index (χ3v) is 2.40. The molecule has 15 heavy (non-hydrogen) atoms. The Morgan fingerprint density at radius 1 is 1.47 bits per heavy atom. The molecule has 0 radical (unpaired) electrons. The molecule has 0 aliphatic heterocycles. The van der Waals surface area contributed by atoms with Crippen molar-refractivity contribution in [3.63, 3.8) is 0 Å². The average molecular weight is 227 g/mol. The number of halogens is 1. The number of carbonyl (C=O) groups excluding carboxylic acids is 1. The van der Waals surface area contributed by atoms with Crippen LogP contribution in [-0.4, -0.2) is 12.4 Å². The third-order valence-electron chi connectivity index (χ3n) is 2.05. The maximum absolute atomic E-state index is 10.8. The zero-order chi connectivity index (χ0) is 11.4. The standard InChI is InChI=1S/C12H15ClO2/c1-4-9-6-12(15-8(2)3)10(7-14)5-11(9)13/h5-8H,4H2,1-3H3. The molecular weight excluding hydrogens is 212 g/mol. The van der Waals surface area contributed by atoms with E-state index in [1.807, 2.05) is 26.8 Å². The minimum Gasteiger partial charge on any atom is -0.490 e. The summed E-state index contributed by atoms with van der Waals surface area (Å²) in [5.41, 5.74) is 1.50. The smallest absolute Gasteiger partial charge is 0.153 e. The number of aldehydes is 1. The van der Waals surface area contributed by atoms with E-state index in [1.54, 1.807) is 6.07 Å². The van der Waals surface area contributed by atoms with Crippen LogP contribution in [0.3, 0.4) is 0 Å². The molecule has 0 aliphatic rings. The highest BCUT2D eigenvalue weighted by atomic mass is 35.5. The molecule has 3 heteroatoms. The summed E-state index contributed by atoms with van der Waals surface area (Å²) in [4.78, 5) is 10.8. The van der Waals surface area contributed by atoms with Gasteiger partial charge in [-0.15, -0.1) is 0 Å². The van der Waals surface area contributed by atoms with E-state index in [2.05, 4.69) is 0 Å². The van der Waals surface area contributed by atoms with Crippen molar-refractivity contribution in [2.75, 3.05) is 0 Å². The molecule has 0 saturated carbocycles. The third kappa shape index (κ3) is 2.96. The average Bonchev–Trinajstić information content (AvgIpc) is 2.19. The summed E-state index contributed by atoms with van der Waals surface area (Å²) in [5, 5.41) is 0.621. The highest BCUT2D eigenvalue weighted by Gasteiger charge is 2.09. The number of carbonyl (C=O) groups is 1. The van der Waals surface area contributed by atoms with E-state index in [9.17, 15) is 4.79 Å². The van der Waals surface area contributed by atoms with Crippen LogP contribution in [0.5, 0.6) is 5.75 Å². The summed E-state index contributed by atoms with van der Waals surface area (Å²) >= 11 is 6.00. The Morgan fingerprint density at radius 3 is 2.60 bits per heavy atom. The molecule has 0 aromatic heterocycles. The van der Waals surface area contributed by atoms with E-state index in [-0.39, 0.29) is 6.10 Å². The fraction of sp³-hybridized carbons (Fsp3) is 0.417. The van der Waals surface area contributed by atoms with Gasteiger partial charge in [0.05, 0.1) is 11.7 Å². The van der Waals surface area contributed by atoms with Gasteiger partial charge in [-0.3, -0.25) is 4.79 Å². The van der Waals surface area contributed by atoms with Crippen LogP contribution in [0.15, 0.2) is 12.1 Å². The highest BCUT2D eigenvalue weighted by Crippen LogP contribution is 2.27. The van der Waals surface area contributed by atoms with Crippen molar-refractivity contribution in [3.05, 3.63) is 28.3 Å². The molecular formula is C12H15ClO2. The lowest BCUT2D eigenvalue weighted by molar-refractivity contribution is 0.111. The molecule has 0 atom stereocenters. The minimum absolute atomic E-state index is 0.0505. The number of rotatable bonds is 4. The van der Waals surface area contributed by atoms with Crippen LogP contribution in [-0.2, 0) is 6.42 Å². The first-order valence-electron chi connectivity index (χ1n) is 5.02. The quantitative estimate of drug-likeness (QED) is 0.735. The number of benzene rings is 1. The van der Waals surface area contributed by atoms with Gasteiger partial charge in [-0.25, -0.2) is 0 Å². The lowest BCUT2D eigenvalue weighted by Gasteiger charge is -2.13. The van der Waals surface area contributed by atoms with Crippen molar-refractivity contribution in [1.29, 1.82) is 0 Å². The largest absolute Gasteiger partial charge is 0.490 e. The van der Waals surface area contributed by atoms with Crippen molar-refractivity contribution < 1.29 is 9.53 Å². The topological polar surface area (TPSA) is 26.3 Å². The first kappa shape index (κ1) is 12.1. The molecule has 1 aromatic carbocycles. The van der Waals surface area contributed by atoms with Crippen molar-refractivity contribution in [2.24, 2.45) is 0 Å². The Hall–Kier alpha value is -1.02. The maximum atomic E-state index is 10.8. The molecule has 1 rings (SSSR count). The zero-order valence-electron chi connectivity index (χ0n) is 9.21. The Labute approximate surface area is 95.2 Å². The van der Waals surface area contributed by atoms with Crippen molar-refractivity contribution in [1.82, 2.24) is 0 Å². The molecule has 0 heterocycles. The van der Waals surface area contributed by atoms with Gasteiger partial charge >= 0.3 is 0 Å². The summed E-state index contributed by atoms with van der Waals surface area (Å²) in [7, 11) is 0. The van der Waals surface area contributed by atoms with E-state index < -0.39 is 0 Å². The monoisotopic (exact) mass is 226 g/mol. The van der Waals surface area contributed by atoms with Gasteiger partial charge in [0.15, 0.2) is 6.29 Å². The number of ether oxygens (including phenoxy) is 1. The van der Waals surface area contributed by atoms with Crippen LogP contribution in [0.4, 0.5) is 0 Å². The lowest BCUT2D eigenvalue weighted by atomic mass is 10.1. The van der Waals surface area contributed by atoms with E-state index in [1.165, 1.54) is 0 Å². The number of aryl methyl sites for hydroxylation is 1. The first-order chi connectivity index (χ1) is 7.08. The second-order valence-electron chi connectivity index (χ2n) is 3.62. The second-order valence-corrected chi connectivity index (χ2v) is 4.03. The zero-order valence-corrected chi connectivity index (χ0v) is 9.97. The Morgan fingerprint density at radius 2 is 2.13 bits per heavy atom. The van der Waals surface area contributed by atoms with Gasteiger partial charge in [-0.2, -0.15) is 0 Å². The molecule has 0 saturated heterocycles. The minimum atomic E-state index is 0.0505. The Bertz CT molecular complexity index is 359. The van der Waals surface area contributed by atoms with Gasteiger partial charge in [0.25, 0.3) is 0 Å². The van der Waals surface area contributed by atoms with Crippen LogP contribution >= 0.6 is 11.6 Å².